The Hall–Kier alpha value is -1.50. The normalized spacial score (nSPS) is 11.7. The lowest BCUT2D eigenvalue weighted by atomic mass is 10.2. The minimum absolute atomic E-state index is 0.168. The van der Waals surface area contributed by atoms with E-state index in [-0.39, 0.29) is 31.6 Å². The average Bonchev–Trinajstić information content (AvgIpc) is 2.37. The van der Waals surface area contributed by atoms with Crippen molar-refractivity contribution >= 4 is 32.2 Å². The molecule has 0 unspecified atom stereocenters. The van der Waals surface area contributed by atoms with Crippen molar-refractivity contribution in [1.29, 1.82) is 0 Å². The molecule has 0 rings (SSSR count). The van der Waals surface area contributed by atoms with Crippen LogP contribution in [0.3, 0.4) is 0 Å². The summed E-state index contributed by atoms with van der Waals surface area (Å²) >= 11 is 0. The second kappa shape index (κ2) is 9.60. The van der Waals surface area contributed by atoms with Gasteiger partial charge in [-0.25, -0.2) is 21.6 Å². The summed E-state index contributed by atoms with van der Waals surface area (Å²) in [5, 5.41) is 0. The number of carbonyl (C=O) groups is 2. The van der Waals surface area contributed by atoms with Crippen molar-refractivity contribution in [3.05, 3.63) is 12.2 Å². The standard InChI is InChI=1S/C11H18O10S2/c1-9(11(13)21-5-3-7-23(17,18)19)8-10(12)20-4-2-6-22(14,15)16/h1-8H2,(H,14,15,16)(H,17,18,19)/p-2. The fraction of sp³-hybridized carbons (Fsp3) is 0.636. The zero-order chi connectivity index (χ0) is 18.1. The van der Waals surface area contributed by atoms with Gasteiger partial charge in [-0.15, -0.1) is 0 Å². The molecule has 0 radical (unpaired) electrons. The molecule has 0 bridgehead atoms. The summed E-state index contributed by atoms with van der Waals surface area (Å²) in [6.07, 6.45) is -0.861. The molecular weight excluding hydrogens is 356 g/mol. The first-order valence-corrected chi connectivity index (χ1v) is 9.44. The third kappa shape index (κ3) is 13.9. The van der Waals surface area contributed by atoms with Gasteiger partial charge in [-0.2, -0.15) is 0 Å². The van der Waals surface area contributed by atoms with Crippen LogP contribution in [0.25, 0.3) is 0 Å². The van der Waals surface area contributed by atoms with Gasteiger partial charge in [0.1, 0.15) is 0 Å². The van der Waals surface area contributed by atoms with Crippen LogP contribution in [0.15, 0.2) is 12.2 Å². The molecule has 10 nitrogen and oxygen atoms in total. The van der Waals surface area contributed by atoms with Crippen LogP contribution in [0.2, 0.25) is 0 Å². The summed E-state index contributed by atoms with van der Waals surface area (Å²) in [5.74, 6) is -3.17. The molecule has 12 heteroatoms. The number of carbonyl (C=O) groups excluding carboxylic acids is 2. The van der Waals surface area contributed by atoms with Gasteiger partial charge in [0.05, 0.1) is 39.9 Å². The van der Waals surface area contributed by atoms with Gasteiger partial charge >= 0.3 is 11.9 Å². The first kappa shape index (κ1) is 21.5. The van der Waals surface area contributed by atoms with Crippen LogP contribution in [0.5, 0.6) is 0 Å². The van der Waals surface area contributed by atoms with Crippen molar-refractivity contribution in [2.24, 2.45) is 0 Å². The predicted molar refractivity (Wildman–Crippen MR) is 74.0 cm³/mol. The number of rotatable bonds is 11. The van der Waals surface area contributed by atoms with E-state index in [0.29, 0.717) is 0 Å². The Balaban J connectivity index is 3.94. The van der Waals surface area contributed by atoms with Crippen LogP contribution in [0.4, 0.5) is 0 Å². The Morgan fingerprint density at radius 1 is 0.870 bits per heavy atom. The minimum Gasteiger partial charge on any atom is -0.748 e. The second-order valence-electron chi connectivity index (χ2n) is 4.37. The SMILES string of the molecule is C=C(CC(=O)OCCCS(=O)(=O)[O-])C(=O)OCCCS(=O)(=O)[O-]. The van der Waals surface area contributed by atoms with Crippen LogP contribution in [-0.4, -0.2) is 62.6 Å². The van der Waals surface area contributed by atoms with Crippen molar-refractivity contribution in [3.63, 3.8) is 0 Å². The van der Waals surface area contributed by atoms with Gasteiger partial charge in [-0.3, -0.25) is 4.79 Å². The lowest BCUT2D eigenvalue weighted by Crippen LogP contribution is -2.16. The fourth-order valence-corrected chi connectivity index (χ4v) is 2.16. The zero-order valence-electron chi connectivity index (χ0n) is 12.1. The molecular formula is C11H16O10S2-2. The van der Waals surface area contributed by atoms with Crippen molar-refractivity contribution < 1.29 is 45.0 Å². The zero-order valence-corrected chi connectivity index (χ0v) is 13.7. The third-order valence-corrected chi connectivity index (χ3v) is 3.80. The monoisotopic (exact) mass is 372 g/mol. The Kier molecular flexibility index (Phi) is 8.97. The number of hydrogen-bond acceptors (Lipinski definition) is 10. The van der Waals surface area contributed by atoms with Crippen LogP contribution in [0.1, 0.15) is 19.3 Å². The largest absolute Gasteiger partial charge is 0.748 e. The van der Waals surface area contributed by atoms with Gasteiger partial charge in [0.25, 0.3) is 0 Å². The van der Waals surface area contributed by atoms with Crippen LogP contribution in [-0.2, 0) is 39.3 Å². The average molecular weight is 372 g/mol. The quantitative estimate of drug-likeness (QED) is 0.188. The van der Waals surface area contributed by atoms with Crippen molar-refractivity contribution in [2.75, 3.05) is 24.7 Å². The molecule has 0 spiro atoms. The summed E-state index contributed by atoms with van der Waals surface area (Å²) in [6, 6.07) is 0. The molecule has 0 aliphatic carbocycles. The molecule has 0 atom stereocenters. The maximum atomic E-state index is 11.4. The van der Waals surface area contributed by atoms with E-state index in [2.05, 4.69) is 16.1 Å². The summed E-state index contributed by atoms with van der Waals surface area (Å²) in [6.45, 7) is 2.66. The van der Waals surface area contributed by atoms with Crippen molar-refractivity contribution in [2.45, 2.75) is 19.3 Å². The number of esters is 2. The summed E-state index contributed by atoms with van der Waals surface area (Å²) in [4.78, 5) is 22.7. The first-order chi connectivity index (χ1) is 10.4. The van der Waals surface area contributed by atoms with E-state index in [1.54, 1.807) is 0 Å². The van der Waals surface area contributed by atoms with E-state index in [4.69, 9.17) is 0 Å². The van der Waals surface area contributed by atoms with E-state index in [1.807, 2.05) is 0 Å². The first-order valence-electron chi connectivity index (χ1n) is 6.28. The maximum absolute atomic E-state index is 11.4. The van der Waals surface area contributed by atoms with Gasteiger partial charge in [-0.1, -0.05) is 6.58 Å². The van der Waals surface area contributed by atoms with Crippen molar-refractivity contribution in [1.82, 2.24) is 0 Å². The molecule has 0 N–H and O–H groups in total. The third-order valence-electron chi connectivity index (χ3n) is 2.22. The molecule has 0 amide bonds. The molecule has 134 valence electrons. The smallest absolute Gasteiger partial charge is 0.333 e. The highest BCUT2D eigenvalue weighted by molar-refractivity contribution is 7.85. The van der Waals surface area contributed by atoms with Crippen LogP contribution < -0.4 is 0 Å². The molecule has 0 heterocycles. The molecule has 0 aromatic carbocycles. The van der Waals surface area contributed by atoms with Gasteiger partial charge < -0.3 is 18.6 Å². The predicted octanol–water partition coefficient (Wildman–Crippen LogP) is -1.11. The second-order valence-corrected chi connectivity index (χ2v) is 7.41. The summed E-state index contributed by atoms with van der Waals surface area (Å²) in [7, 11) is -8.77. The lowest BCUT2D eigenvalue weighted by Gasteiger charge is -2.09. The molecule has 0 saturated carbocycles. The highest BCUT2D eigenvalue weighted by atomic mass is 32.2. The lowest BCUT2D eigenvalue weighted by molar-refractivity contribution is -0.146. The van der Waals surface area contributed by atoms with Crippen molar-refractivity contribution in [3.8, 4) is 0 Å². The highest BCUT2D eigenvalue weighted by Crippen LogP contribution is 2.04. The van der Waals surface area contributed by atoms with Gasteiger partial charge in [0, 0.05) is 17.1 Å². The van der Waals surface area contributed by atoms with E-state index in [1.165, 1.54) is 0 Å². The Bertz CT molecular complexity index is 632. The highest BCUT2D eigenvalue weighted by Gasteiger charge is 2.14. The topological polar surface area (TPSA) is 167 Å². The van der Waals surface area contributed by atoms with E-state index >= 15 is 0 Å². The molecule has 0 aliphatic heterocycles. The number of hydrogen-bond donors (Lipinski definition) is 0. The van der Waals surface area contributed by atoms with Crippen LogP contribution >= 0.6 is 0 Å². The van der Waals surface area contributed by atoms with E-state index < -0.39 is 50.1 Å². The maximum Gasteiger partial charge on any atom is 0.333 e. The summed E-state index contributed by atoms with van der Waals surface area (Å²) < 4.78 is 71.0. The molecule has 0 aromatic heterocycles. The van der Waals surface area contributed by atoms with E-state index in [0.717, 1.165) is 0 Å². The van der Waals surface area contributed by atoms with Gasteiger partial charge in [-0.05, 0) is 12.8 Å². The Morgan fingerprint density at radius 3 is 1.74 bits per heavy atom. The molecule has 0 aromatic rings. The molecule has 0 saturated heterocycles. The van der Waals surface area contributed by atoms with E-state index in [9.17, 15) is 35.5 Å². The fourth-order valence-electron chi connectivity index (χ4n) is 1.22. The number of ether oxygens (including phenoxy) is 2. The Labute approximate surface area is 134 Å². The minimum atomic E-state index is -4.39. The van der Waals surface area contributed by atoms with Gasteiger partial charge in [0.15, 0.2) is 0 Å². The molecule has 23 heavy (non-hydrogen) atoms. The summed E-state index contributed by atoms with van der Waals surface area (Å²) in [5.41, 5.74) is -0.253. The van der Waals surface area contributed by atoms with Gasteiger partial charge in [0.2, 0.25) is 0 Å². The Morgan fingerprint density at radius 2 is 1.30 bits per heavy atom. The van der Waals surface area contributed by atoms with Crippen LogP contribution in [0, 0.1) is 0 Å². The molecule has 0 fully saturated rings. The molecule has 0 aliphatic rings.